The van der Waals surface area contributed by atoms with Crippen molar-refractivity contribution < 1.29 is 9.47 Å². The van der Waals surface area contributed by atoms with E-state index in [1.807, 2.05) is 24.3 Å². The molecule has 0 N–H and O–H groups in total. The van der Waals surface area contributed by atoms with Crippen LogP contribution in [0.25, 0.3) is 10.9 Å². The van der Waals surface area contributed by atoms with E-state index in [2.05, 4.69) is 4.98 Å². The van der Waals surface area contributed by atoms with Gasteiger partial charge < -0.3 is 9.47 Å². The van der Waals surface area contributed by atoms with Crippen LogP contribution >= 0.6 is 11.6 Å². The maximum absolute atomic E-state index is 5.91. The first-order valence-corrected chi connectivity index (χ1v) is 4.80. The van der Waals surface area contributed by atoms with Crippen LogP contribution in [-0.2, 0) is 0 Å². The van der Waals surface area contributed by atoms with Crippen LogP contribution in [0.4, 0.5) is 0 Å². The summed E-state index contributed by atoms with van der Waals surface area (Å²) >= 11 is 5.91. The van der Waals surface area contributed by atoms with E-state index in [-0.39, 0.29) is 0 Å². The first-order chi connectivity index (χ1) is 7.24. The molecule has 3 nitrogen and oxygen atoms in total. The van der Waals surface area contributed by atoms with Crippen LogP contribution in [0, 0.1) is 0 Å². The fourth-order valence-electron chi connectivity index (χ4n) is 1.38. The zero-order chi connectivity index (χ0) is 10.8. The summed E-state index contributed by atoms with van der Waals surface area (Å²) in [6.45, 7) is 0. The summed E-state index contributed by atoms with van der Waals surface area (Å²) in [5.41, 5.74) is 0.821. The van der Waals surface area contributed by atoms with Gasteiger partial charge in [0, 0.05) is 5.39 Å². The van der Waals surface area contributed by atoms with Gasteiger partial charge in [0.1, 0.15) is 5.75 Å². The van der Waals surface area contributed by atoms with Crippen molar-refractivity contribution in [2.45, 2.75) is 0 Å². The molecule has 1 aromatic carbocycles. The molecule has 0 unspecified atom stereocenters. The molecule has 0 fully saturated rings. The Kier molecular flexibility index (Phi) is 2.64. The molecule has 15 heavy (non-hydrogen) atoms. The molecule has 2 rings (SSSR count). The highest BCUT2D eigenvalue weighted by atomic mass is 35.5. The molecule has 0 aliphatic heterocycles. The number of rotatable bonds is 2. The number of nitrogens with zero attached hydrogens (tertiary/aromatic N) is 1. The van der Waals surface area contributed by atoms with E-state index in [0.717, 1.165) is 16.7 Å². The maximum atomic E-state index is 5.91. The third kappa shape index (κ3) is 1.83. The summed E-state index contributed by atoms with van der Waals surface area (Å²) in [6.07, 6.45) is 0. The van der Waals surface area contributed by atoms with Crippen LogP contribution in [0.5, 0.6) is 11.5 Å². The second-order valence-corrected chi connectivity index (χ2v) is 3.40. The number of aromatic nitrogens is 1. The van der Waals surface area contributed by atoms with Crippen molar-refractivity contribution in [1.29, 1.82) is 0 Å². The normalized spacial score (nSPS) is 10.3. The molecule has 0 bridgehead atoms. The highest BCUT2D eigenvalue weighted by Crippen LogP contribution is 2.28. The van der Waals surface area contributed by atoms with Crippen molar-refractivity contribution in [2.24, 2.45) is 0 Å². The summed E-state index contributed by atoms with van der Waals surface area (Å²) in [4.78, 5) is 4.21. The van der Waals surface area contributed by atoms with Gasteiger partial charge in [-0.1, -0.05) is 11.6 Å². The second kappa shape index (κ2) is 3.95. The summed E-state index contributed by atoms with van der Waals surface area (Å²) < 4.78 is 10.2. The van der Waals surface area contributed by atoms with Crippen LogP contribution in [0.15, 0.2) is 24.3 Å². The molecule has 0 atom stereocenters. The van der Waals surface area contributed by atoms with Gasteiger partial charge in [-0.2, -0.15) is 0 Å². The minimum Gasteiger partial charge on any atom is -0.497 e. The van der Waals surface area contributed by atoms with Gasteiger partial charge in [0.2, 0.25) is 0 Å². The van der Waals surface area contributed by atoms with Crippen LogP contribution < -0.4 is 9.47 Å². The number of benzene rings is 1. The summed E-state index contributed by atoms with van der Waals surface area (Å²) in [5.74, 6) is 1.35. The van der Waals surface area contributed by atoms with E-state index < -0.39 is 0 Å². The SMILES string of the molecule is COc1ccc2nc(Cl)c(OC)cc2c1. The molecule has 2 aromatic rings. The van der Waals surface area contributed by atoms with E-state index in [9.17, 15) is 0 Å². The Labute approximate surface area is 92.6 Å². The molecular weight excluding hydrogens is 214 g/mol. The van der Waals surface area contributed by atoms with Crippen LogP contribution in [0.3, 0.4) is 0 Å². The average Bonchev–Trinajstić information content (AvgIpc) is 2.27. The number of halogens is 1. The molecule has 0 saturated carbocycles. The first kappa shape index (κ1) is 10.1. The predicted octanol–water partition coefficient (Wildman–Crippen LogP) is 2.91. The number of pyridine rings is 1. The van der Waals surface area contributed by atoms with E-state index >= 15 is 0 Å². The molecule has 1 heterocycles. The van der Waals surface area contributed by atoms with Crippen LogP contribution in [0.1, 0.15) is 0 Å². The molecule has 78 valence electrons. The topological polar surface area (TPSA) is 31.4 Å². The lowest BCUT2D eigenvalue weighted by Gasteiger charge is -2.05. The van der Waals surface area contributed by atoms with E-state index in [4.69, 9.17) is 21.1 Å². The lowest BCUT2D eigenvalue weighted by atomic mass is 10.2. The van der Waals surface area contributed by atoms with Crippen molar-refractivity contribution in [2.75, 3.05) is 14.2 Å². The highest BCUT2D eigenvalue weighted by Gasteiger charge is 2.05. The van der Waals surface area contributed by atoms with Gasteiger partial charge in [0.15, 0.2) is 10.9 Å². The van der Waals surface area contributed by atoms with Gasteiger partial charge in [-0.05, 0) is 24.3 Å². The van der Waals surface area contributed by atoms with Crippen molar-refractivity contribution in [3.05, 3.63) is 29.4 Å². The number of ether oxygens (including phenoxy) is 2. The van der Waals surface area contributed by atoms with E-state index in [1.54, 1.807) is 14.2 Å². The fraction of sp³-hybridized carbons (Fsp3) is 0.182. The Morgan fingerprint density at radius 3 is 2.60 bits per heavy atom. The fourth-order valence-corrected chi connectivity index (χ4v) is 1.60. The second-order valence-electron chi connectivity index (χ2n) is 3.04. The van der Waals surface area contributed by atoms with Crippen LogP contribution in [0.2, 0.25) is 5.15 Å². The van der Waals surface area contributed by atoms with E-state index in [0.29, 0.717) is 10.9 Å². The Morgan fingerprint density at radius 2 is 1.93 bits per heavy atom. The Balaban J connectivity index is 2.66. The van der Waals surface area contributed by atoms with Gasteiger partial charge >= 0.3 is 0 Å². The quantitative estimate of drug-likeness (QED) is 0.734. The van der Waals surface area contributed by atoms with Crippen LogP contribution in [-0.4, -0.2) is 19.2 Å². The summed E-state index contributed by atoms with van der Waals surface area (Å²) in [6, 6.07) is 7.44. The summed E-state index contributed by atoms with van der Waals surface area (Å²) in [7, 11) is 3.19. The lowest BCUT2D eigenvalue weighted by Crippen LogP contribution is -1.89. The molecule has 1 aromatic heterocycles. The van der Waals surface area contributed by atoms with Crippen molar-refractivity contribution in [1.82, 2.24) is 4.98 Å². The molecule has 0 saturated heterocycles. The number of methoxy groups -OCH3 is 2. The lowest BCUT2D eigenvalue weighted by molar-refractivity contribution is 0.413. The predicted molar refractivity (Wildman–Crippen MR) is 59.9 cm³/mol. The Hall–Kier alpha value is -1.48. The number of fused-ring (bicyclic) bond motifs is 1. The number of hydrogen-bond acceptors (Lipinski definition) is 3. The first-order valence-electron chi connectivity index (χ1n) is 4.43. The Morgan fingerprint density at radius 1 is 1.13 bits per heavy atom. The average molecular weight is 224 g/mol. The standard InChI is InChI=1S/C11H10ClNO2/c1-14-8-3-4-9-7(5-8)6-10(15-2)11(12)13-9/h3-6H,1-2H3. The van der Waals surface area contributed by atoms with Gasteiger partial charge in [0.25, 0.3) is 0 Å². The molecule has 0 aliphatic rings. The number of hydrogen-bond donors (Lipinski definition) is 0. The smallest absolute Gasteiger partial charge is 0.171 e. The van der Waals surface area contributed by atoms with Crippen molar-refractivity contribution >= 4 is 22.5 Å². The molecule has 0 amide bonds. The van der Waals surface area contributed by atoms with Crippen molar-refractivity contribution in [3.8, 4) is 11.5 Å². The molecular formula is C11H10ClNO2. The monoisotopic (exact) mass is 223 g/mol. The molecule has 0 aliphatic carbocycles. The minimum atomic E-state index is 0.371. The van der Waals surface area contributed by atoms with Gasteiger partial charge in [-0.25, -0.2) is 4.98 Å². The zero-order valence-corrected chi connectivity index (χ0v) is 9.21. The third-order valence-electron chi connectivity index (χ3n) is 2.16. The third-order valence-corrected chi connectivity index (χ3v) is 2.43. The highest BCUT2D eigenvalue weighted by molar-refractivity contribution is 6.31. The minimum absolute atomic E-state index is 0.371. The maximum Gasteiger partial charge on any atom is 0.171 e. The van der Waals surface area contributed by atoms with Gasteiger partial charge in [-0.3, -0.25) is 0 Å². The van der Waals surface area contributed by atoms with Gasteiger partial charge in [0.05, 0.1) is 19.7 Å². The molecule has 0 radical (unpaired) electrons. The molecule has 0 spiro atoms. The molecule has 4 heteroatoms. The summed E-state index contributed by atoms with van der Waals surface area (Å²) in [5, 5.41) is 1.31. The Bertz CT molecular complexity index is 499. The van der Waals surface area contributed by atoms with Crippen molar-refractivity contribution in [3.63, 3.8) is 0 Å². The zero-order valence-electron chi connectivity index (χ0n) is 8.45. The van der Waals surface area contributed by atoms with E-state index in [1.165, 1.54) is 0 Å². The largest absolute Gasteiger partial charge is 0.497 e. The van der Waals surface area contributed by atoms with Gasteiger partial charge in [-0.15, -0.1) is 0 Å².